The van der Waals surface area contributed by atoms with E-state index >= 15 is 0 Å². The summed E-state index contributed by atoms with van der Waals surface area (Å²) >= 11 is 0. The predicted molar refractivity (Wildman–Crippen MR) is 140 cm³/mol. The number of Topliss-reactive ketones (excluding diaryl/α,β-unsaturated/α-hetero) is 2. The molecule has 0 unspecified atom stereocenters. The minimum absolute atomic E-state index is 0.0289. The topological polar surface area (TPSA) is 54.4 Å². The third-order valence-corrected chi connectivity index (χ3v) is 8.46. The van der Waals surface area contributed by atoms with Gasteiger partial charge in [-0.25, -0.2) is 0 Å². The highest BCUT2D eigenvalue weighted by molar-refractivity contribution is 5.82. The summed E-state index contributed by atoms with van der Waals surface area (Å²) in [6, 6.07) is 0. The minimum Gasteiger partial charge on any atom is -0.393 e. The molecule has 3 fully saturated rings. The molecule has 0 aromatic heterocycles. The Bertz CT molecular complexity index is 543. The molecule has 0 radical (unpaired) electrons. The number of rotatable bonds is 3. The highest BCUT2D eigenvalue weighted by Crippen LogP contribution is 2.33. The maximum absolute atomic E-state index is 11.4. The van der Waals surface area contributed by atoms with Gasteiger partial charge in [-0.1, -0.05) is 68.7 Å². The van der Waals surface area contributed by atoms with E-state index in [0.29, 0.717) is 58.9 Å². The normalized spacial score (nSPS) is 35.1. The summed E-state index contributed by atoms with van der Waals surface area (Å²) in [7, 11) is 0. The molecule has 33 heavy (non-hydrogen) atoms. The lowest BCUT2D eigenvalue weighted by Crippen LogP contribution is -2.31. The molecule has 194 valence electrons. The Labute approximate surface area is 205 Å². The van der Waals surface area contributed by atoms with Crippen LogP contribution in [0.4, 0.5) is 0 Å². The van der Waals surface area contributed by atoms with E-state index in [-0.39, 0.29) is 6.10 Å². The van der Waals surface area contributed by atoms with Gasteiger partial charge in [0.15, 0.2) is 0 Å². The smallest absolute Gasteiger partial charge is 0.136 e. The zero-order valence-electron chi connectivity index (χ0n) is 23.4. The first kappa shape index (κ1) is 30.3. The molecule has 3 saturated carbocycles. The molecular weight excluding hydrogens is 408 g/mol. The Hall–Kier alpha value is -0.700. The van der Waals surface area contributed by atoms with Crippen molar-refractivity contribution in [3.8, 4) is 0 Å². The van der Waals surface area contributed by atoms with Crippen LogP contribution in [-0.2, 0) is 9.59 Å². The maximum Gasteiger partial charge on any atom is 0.136 e. The second-order valence-corrected chi connectivity index (χ2v) is 12.8. The number of carbonyl (C=O) groups is 2. The van der Waals surface area contributed by atoms with Crippen LogP contribution in [-0.4, -0.2) is 22.8 Å². The molecule has 3 rings (SSSR count). The van der Waals surface area contributed by atoms with Crippen LogP contribution in [0.25, 0.3) is 0 Å². The average molecular weight is 465 g/mol. The van der Waals surface area contributed by atoms with Gasteiger partial charge in [0.25, 0.3) is 0 Å². The van der Waals surface area contributed by atoms with Crippen molar-refractivity contribution in [1.29, 1.82) is 0 Å². The standard InChI is InChI=1S/C10H20O.2C10H18O/c3*1-7(2)9-5-4-8(3)6-10(9)11/h7-11H,4-6H2,1-3H3;2*7-9H,4-6H2,1-3H3/t8-,9+,10-;8-,9+;8-,9-/m111/s1. The Morgan fingerprint density at radius 1 is 0.606 bits per heavy atom. The molecule has 7 atom stereocenters. The summed E-state index contributed by atoms with van der Waals surface area (Å²) in [4.78, 5) is 22.9. The van der Waals surface area contributed by atoms with Crippen LogP contribution in [0.5, 0.6) is 0 Å². The summed E-state index contributed by atoms with van der Waals surface area (Å²) in [5.41, 5.74) is 0. The van der Waals surface area contributed by atoms with E-state index in [4.69, 9.17) is 0 Å². The van der Waals surface area contributed by atoms with Gasteiger partial charge in [-0.15, -0.1) is 0 Å². The summed E-state index contributed by atoms with van der Waals surface area (Å²) < 4.78 is 0. The zero-order chi connectivity index (χ0) is 25.3. The second kappa shape index (κ2) is 14.6. The van der Waals surface area contributed by atoms with Crippen molar-refractivity contribution in [1.82, 2.24) is 0 Å². The zero-order valence-corrected chi connectivity index (χ0v) is 23.4. The minimum atomic E-state index is -0.0289. The summed E-state index contributed by atoms with van der Waals surface area (Å²) in [5, 5.41) is 9.71. The Kier molecular flexibility index (Phi) is 13.5. The van der Waals surface area contributed by atoms with Gasteiger partial charge in [-0.3, -0.25) is 9.59 Å². The van der Waals surface area contributed by atoms with Crippen molar-refractivity contribution in [3.05, 3.63) is 0 Å². The second-order valence-electron chi connectivity index (χ2n) is 12.8. The van der Waals surface area contributed by atoms with Crippen LogP contribution >= 0.6 is 0 Å². The fourth-order valence-corrected chi connectivity index (χ4v) is 6.01. The fraction of sp³-hybridized carbons (Fsp3) is 0.933. The lowest BCUT2D eigenvalue weighted by atomic mass is 9.75. The van der Waals surface area contributed by atoms with Gasteiger partial charge < -0.3 is 5.11 Å². The molecule has 0 amide bonds. The van der Waals surface area contributed by atoms with Gasteiger partial charge in [0.1, 0.15) is 11.6 Å². The van der Waals surface area contributed by atoms with Gasteiger partial charge in [0.2, 0.25) is 0 Å². The van der Waals surface area contributed by atoms with Crippen LogP contribution in [0.1, 0.15) is 120 Å². The number of hydrogen-bond donors (Lipinski definition) is 1. The number of aliphatic hydroxyl groups is 1. The van der Waals surface area contributed by atoms with E-state index in [9.17, 15) is 14.7 Å². The fourth-order valence-electron chi connectivity index (χ4n) is 6.01. The summed E-state index contributed by atoms with van der Waals surface area (Å²) in [5.74, 6) is 6.05. The molecule has 0 aromatic carbocycles. The van der Waals surface area contributed by atoms with Crippen LogP contribution in [0.2, 0.25) is 0 Å². The van der Waals surface area contributed by atoms with Crippen LogP contribution in [0.3, 0.4) is 0 Å². The third kappa shape index (κ3) is 10.6. The van der Waals surface area contributed by atoms with Crippen LogP contribution < -0.4 is 0 Å². The van der Waals surface area contributed by atoms with Crippen molar-refractivity contribution < 1.29 is 14.7 Å². The third-order valence-electron chi connectivity index (χ3n) is 8.46. The van der Waals surface area contributed by atoms with Crippen molar-refractivity contribution in [2.45, 2.75) is 126 Å². The molecule has 1 N–H and O–H groups in total. The van der Waals surface area contributed by atoms with Crippen LogP contribution in [0.15, 0.2) is 0 Å². The summed E-state index contributed by atoms with van der Waals surface area (Å²) in [6.45, 7) is 19.6. The Morgan fingerprint density at radius 3 is 1.30 bits per heavy atom. The number of aliphatic hydroxyl groups excluding tert-OH is 1. The largest absolute Gasteiger partial charge is 0.393 e. The lowest BCUT2D eigenvalue weighted by molar-refractivity contribution is -0.128. The quantitative estimate of drug-likeness (QED) is 0.465. The molecule has 0 spiro atoms. The Balaban J connectivity index is 0.000000247. The van der Waals surface area contributed by atoms with Crippen molar-refractivity contribution in [2.24, 2.45) is 53.3 Å². The first-order valence-corrected chi connectivity index (χ1v) is 14.1. The van der Waals surface area contributed by atoms with E-state index in [0.717, 1.165) is 38.0 Å². The molecule has 0 bridgehead atoms. The maximum atomic E-state index is 11.4. The SMILES string of the molecule is CC(C)[C@@H]1CC[C@@H](C)CC1=O.CC(C)[C@@H]1CC[C@@H](C)C[C@H]1O.CC(C)[C@H]1CC[C@@H](C)CC1=O. The Morgan fingerprint density at radius 2 is 1.00 bits per heavy atom. The number of hydrogen-bond acceptors (Lipinski definition) is 3. The molecule has 0 aromatic rings. The molecule has 3 heteroatoms. The molecule has 0 aliphatic heterocycles. The first-order chi connectivity index (χ1) is 15.3. The molecule has 0 saturated heterocycles. The number of ketones is 2. The van der Waals surface area contributed by atoms with E-state index in [1.807, 2.05) is 0 Å². The van der Waals surface area contributed by atoms with E-state index in [2.05, 4.69) is 62.3 Å². The predicted octanol–water partition coefficient (Wildman–Crippen LogP) is 7.73. The van der Waals surface area contributed by atoms with Gasteiger partial charge in [-0.2, -0.15) is 0 Å². The van der Waals surface area contributed by atoms with Crippen LogP contribution in [0, 0.1) is 53.3 Å². The summed E-state index contributed by atoms with van der Waals surface area (Å²) in [6.07, 6.45) is 9.89. The monoisotopic (exact) mass is 464 g/mol. The molecule has 0 heterocycles. The van der Waals surface area contributed by atoms with Crippen molar-refractivity contribution in [3.63, 3.8) is 0 Å². The van der Waals surface area contributed by atoms with E-state index < -0.39 is 0 Å². The van der Waals surface area contributed by atoms with Gasteiger partial charge in [-0.05, 0) is 80.0 Å². The molecule has 3 aliphatic rings. The highest BCUT2D eigenvalue weighted by Gasteiger charge is 2.30. The molecule has 3 aliphatic carbocycles. The van der Waals surface area contributed by atoms with Gasteiger partial charge in [0.05, 0.1) is 6.10 Å². The number of carbonyl (C=O) groups excluding carboxylic acids is 2. The van der Waals surface area contributed by atoms with Gasteiger partial charge in [0, 0.05) is 24.7 Å². The van der Waals surface area contributed by atoms with E-state index in [1.54, 1.807) is 0 Å². The van der Waals surface area contributed by atoms with Crippen molar-refractivity contribution >= 4 is 11.6 Å². The average Bonchev–Trinajstić information content (AvgIpc) is 2.68. The van der Waals surface area contributed by atoms with Crippen molar-refractivity contribution in [2.75, 3.05) is 0 Å². The lowest BCUT2D eigenvalue weighted by Gasteiger charge is -2.33. The van der Waals surface area contributed by atoms with Gasteiger partial charge >= 0.3 is 0 Å². The first-order valence-electron chi connectivity index (χ1n) is 14.1. The molecular formula is C30H56O3. The van der Waals surface area contributed by atoms with E-state index in [1.165, 1.54) is 25.7 Å². The highest BCUT2D eigenvalue weighted by atomic mass is 16.3. The molecule has 3 nitrogen and oxygen atoms in total.